The molecule has 192 valence electrons. The van der Waals surface area contributed by atoms with Gasteiger partial charge in [-0.15, -0.1) is 0 Å². The molecule has 0 bridgehead atoms. The zero-order chi connectivity index (χ0) is 25.8. The van der Waals surface area contributed by atoms with E-state index in [2.05, 4.69) is 51.5 Å². The van der Waals surface area contributed by atoms with E-state index < -0.39 is 0 Å². The quantitative estimate of drug-likeness (QED) is 0.614. The average molecular weight is 498 g/mol. The second kappa shape index (κ2) is 11.0. The Hall–Kier alpha value is -3.91. The first kappa shape index (κ1) is 24.8. The first-order valence-corrected chi connectivity index (χ1v) is 13.0. The maximum absolute atomic E-state index is 12.7. The Labute approximate surface area is 218 Å². The van der Waals surface area contributed by atoms with Crippen LogP contribution >= 0.6 is 0 Å². The number of aliphatic imine (C=N–C) groups is 2. The highest BCUT2D eigenvalue weighted by Crippen LogP contribution is 2.25. The molecular weight excluding hydrogens is 462 g/mol. The molecule has 0 radical (unpaired) electrons. The molecule has 1 amide bonds. The van der Waals surface area contributed by atoms with Crippen molar-refractivity contribution in [3.8, 4) is 0 Å². The van der Waals surface area contributed by atoms with Crippen LogP contribution in [0.25, 0.3) is 5.70 Å². The Morgan fingerprint density at radius 2 is 1.70 bits per heavy atom. The third-order valence-electron chi connectivity index (χ3n) is 6.68. The molecule has 37 heavy (non-hydrogen) atoms. The van der Waals surface area contributed by atoms with E-state index in [0.717, 1.165) is 30.1 Å². The molecule has 1 saturated heterocycles. The fraction of sp³-hybridized carbons (Fsp3) is 0.345. The van der Waals surface area contributed by atoms with Gasteiger partial charge >= 0.3 is 0 Å². The van der Waals surface area contributed by atoms with Gasteiger partial charge in [0.15, 0.2) is 0 Å². The van der Waals surface area contributed by atoms with Crippen molar-refractivity contribution < 1.29 is 4.79 Å². The van der Waals surface area contributed by atoms with Gasteiger partial charge in [-0.3, -0.25) is 9.69 Å². The third kappa shape index (κ3) is 5.75. The number of hydrazine groups is 1. The molecule has 3 heterocycles. The highest BCUT2D eigenvalue weighted by atomic mass is 16.2. The zero-order valence-electron chi connectivity index (χ0n) is 21.5. The van der Waals surface area contributed by atoms with Gasteiger partial charge in [-0.25, -0.2) is 20.0 Å². The fourth-order valence-electron chi connectivity index (χ4n) is 4.90. The molecule has 2 atom stereocenters. The van der Waals surface area contributed by atoms with Gasteiger partial charge in [0.25, 0.3) is 0 Å². The van der Waals surface area contributed by atoms with E-state index in [4.69, 9.17) is 10.7 Å². The summed E-state index contributed by atoms with van der Waals surface area (Å²) >= 11 is 0. The topological polar surface area (TPSA) is 89.6 Å². The van der Waals surface area contributed by atoms with Crippen LogP contribution in [0.15, 0.2) is 82.9 Å². The van der Waals surface area contributed by atoms with Gasteiger partial charge in [0.05, 0.1) is 18.8 Å². The van der Waals surface area contributed by atoms with Crippen LogP contribution in [0.4, 0.5) is 0 Å². The zero-order valence-corrected chi connectivity index (χ0v) is 21.5. The summed E-state index contributed by atoms with van der Waals surface area (Å²) in [4.78, 5) is 24.1. The number of benzene rings is 2. The minimum Gasteiger partial charge on any atom is -0.352 e. The van der Waals surface area contributed by atoms with E-state index in [1.54, 1.807) is 4.90 Å². The largest absolute Gasteiger partial charge is 0.352 e. The lowest BCUT2D eigenvalue weighted by Gasteiger charge is -2.45. The number of hydrogen-bond acceptors (Lipinski definition) is 7. The predicted molar refractivity (Wildman–Crippen MR) is 148 cm³/mol. The summed E-state index contributed by atoms with van der Waals surface area (Å²) in [6, 6.07) is 19.1. The molecule has 0 spiro atoms. The molecule has 2 aromatic carbocycles. The number of hydrogen-bond donors (Lipinski definition) is 2. The van der Waals surface area contributed by atoms with Crippen molar-refractivity contribution in [1.29, 1.82) is 0 Å². The second-order valence-corrected chi connectivity index (χ2v) is 9.91. The molecule has 8 nitrogen and oxygen atoms in total. The summed E-state index contributed by atoms with van der Waals surface area (Å²) in [7, 11) is 0. The number of nitrogens with zero attached hydrogens (tertiary/aromatic N) is 5. The molecule has 0 saturated carbocycles. The van der Waals surface area contributed by atoms with Gasteiger partial charge < -0.3 is 11.1 Å². The standard InChI is InChI=1S/C29H35N7O/c1-21(30)19-23-9-11-24(12-10-23)20-22(2)32-28-31-15-6-16-35(28)36-18-14-27(37)34-17-13-26(33-29(34)36)25-7-4-3-5-8-25/h3-13,15,21-22H,14,16-20,30H2,1-2H3,(H,31,32). The van der Waals surface area contributed by atoms with Crippen molar-refractivity contribution in [1.82, 2.24) is 20.2 Å². The average Bonchev–Trinajstić information content (AvgIpc) is 2.91. The van der Waals surface area contributed by atoms with Gasteiger partial charge in [-0.1, -0.05) is 54.6 Å². The molecule has 3 aliphatic heterocycles. The summed E-state index contributed by atoms with van der Waals surface area (Å²) in [6.07, 6.45) is 8.05. The molecule has 3 N–H and O–H groups in total. The maximum Gasteiger partial charge on any atom is 0.231 e. The van der Waals surface area contributed by atoms with E-state index in [-0.39, 0.29) is 18.0 Å². The van der Waals surface area contributed by atoms with E-state index in [9.17, 15) is 4.79 Å². The van der Waals surface area contributed by atoms with Gasteiger partial charge in [0, 0.05) is 31.2 Å². The first-order valence-electron chi connectivity index (χ1n) is 13.0. The SMILES string of the molecule is CC(N)Cc1ccc(CC(C)NC2=NC=CCN2N2CCC(=O)N3CC=C(c4ccccc4)N=C32)cc1. The lowest BCUT2D eigenvalue weighted by Crippen LogP contribution is -2.63. The van der Waals surface area contributed by atoms with E-state index in [1.165, 1.54) is 11.1 Å². The minimum atomic E-state index is 0.0956. The van der Waals surface area contributed by atoms with Crippen molar-refractivity contribution in [2.45, 2.75) is 45.2 Å². The number of carbonyl (C=O) groups is 1. The van der Waals surface area contributed by atoms with Crippen LogP contribution in [-0.4, -0.2) is 64.5 Å². The van der Waals surface area contributed by atoms with Gasteiger partial charge in [-0.2, -0.15) is 0 Å². The molecular formula is C29H35N7O. The van der Waals surface area contributed by atoms with Crippen molar-refractivity contribution in [3.63, 3.8) is 0 Å². The molecule has 0 aromatic heterocycles. The summed E-state index contributed by atoms with van der Waals surface area (Å²) in [6.45, 7) is 5.91. The number of guanidine groups is 2. The molecule has 1 fully saturated rings. The number of rotatable bonds is 7. The Morgan fingerprint density at radius 1 is 0.973 bits per heavy atom. The Morgan fingerprint density at radius 3 is 2.43 bits per heavy atom. The van der Waals surface area contributed by atoms with Crippen molar-refractivity contribution >= 4 is 23.5 Å². The summed E-state index contributed by atoms with van der Waals surface area (Å²) in [5.41, 5.74) is 10.4. The monoisotopic (exact) mass is 497 g/mol. The van der Waals surface area contributed by atoms with Gasteiger partial charge in [0.1, 0.15) is 0 Å². The second-order valence-electron chi connectivity index (χ2n) is 9.91. The number of nitrogens with two attached hydrogens (primary N) is 1. The smallest absolute Gasteiger partial charge is 0.231 e. The molecule has 2 unspecified atom stereocenters. The van der Waals surface area contributed by atoms with Crippen molar-refractivity contribution in [2.75, 3.05) is 19.6 Å². The van der Waals surface area contributed by atoms with Crippen LogP contribution in [0.2, 0.25) is 0 Å². The van der Waals surface area contributed by atoms with Gasteiger partial charge in [-0.05, 0) is 55.5 Å². The molecule has 2 aromatic rings. The minimum absolute atomic E-state index is 0.0956. The third-order valence-corrected chi connectivity index (χ3v) is 6.68. The number of carbonyl (C=O) groups excluding carboxylic acids is 1. The van der Waals surface area contributed by atoms with Crippen LogP contribution in [0.3, 0.4) is 0 Å². The van der Waals surface area contributed by atoms with E-state index in [0.29, 0.717) is 32.0 Å². The number of amides is 1. The highest BCUT2D eigenvalue weighted by molar-refractivity contribution is 6.03. The van der Waals surface area contributed by atoms with Crippen LogP contribution < -0.4 is 11.1 Å². The van der Waals surface area contributed by atoms with Crippen LogP contribution in [0.1, 0.15) is 37.0 Å². The Balaban J connectivity index is 1.32. The molecule has 8 heteroatoms. The fourth-order valence-corrected chi connectivity index (χ4v) is 4.90. The Kier molecular flexibility index (Phi) is 7.37. The predicted octanol–water partition coefficient (Wildman–Crippen LogP) is 3.14. The molecule has 5 rings (SSSR count). The lowest BCUT2D eigenvalue weighted by molar-refractivity contribution is -0.130. The maximum atomic E-state index is 12.7. The molecule has 0 aliphatic carbocycles. The highest BCUT2D eigenvalue weighted by Gasteiger charge is 2.36. The first-order chi connectivity index (χ1) is 18.0. The number of fused-ring (bicyclic) bond motifs is 1. The normalized spacial score (nSPS) is 19.1. The summed E-state index contributed by atoms with van der Waals surface area (Å²) < 4.78 is 0. The van der Waals surface area contributed by atoms with Gasteiger partial charge in [0.2, 0.25) is 17.8 Å². The van der Waals surface area contributed by atoms with Crippen LogP contribution in [0, 0.1) is 0 Å². The summed E-state index contributed by atoms with van der Waals surface area (Å²) in [5.74, 6) is 1.51. The number of nitrogens with one attached hydrogen (secondary N) is 1. The van der Waals surface area contributed by atoms with Crippen LogP contribution in [0.5, 0.6) is 0 Å². The Bertz CT molecular complexity index is 1230. The summed E-state index contributed by atoms with van der Waals surface area (Å²) in [5, 5.41) is 7.78. The van der Waals surface area contributed by atoms with Crippen molar-refractivity contribution in [2.24, 2.45) is 15.7 Å². The lowest BCUT2D eigenvalue weighted by atomic mass is 10.0. The van der Waals surface area contributed by atoms with E-state index >= 15 is 0 Å². The van der Waals surface area contributed by atoms with E-state index in [1.807, 2.05) is 55.6 Å². The molecule has 3 aliphatic rings. The van der Waals surface area contributed by atoms with Crippen LogP contribution in [-0.2, 0) is 17.6 Å². The van der Waals surface area contributed by atoms with Crippen molar-refractivity contribution in [3.05, 3.63) is 89.6 Å².